The number of hydroxylamine groups is 2. The Hall–Kier alpha value is -2.87. The highest BCUT2D eigenvalue weighted by molar-refractivity contribution is 5.93. The number of benzene rings is 1. The number of carbonyl (C=O) groups excluding carboxylic acids is 3. The fourth-order valence-corrected chi connectivity index (χ4v) is 5.86. The van der Waals surface area contributed by atoms with Crippen molar-refractivity contribution in [3.05, 3.63) is 47.7 Å². The lowest BCUT2D eigenvalue weighted by molar-refractivity contribution is -0.224. The molecule has 3 aliphatic rings. The Morgan fingerprint density at radius 3 is 2.55 bits per heavy atom. The molecule has 3 heterocycles. The van der Waals surface area contributed by atoms with Gasteiger partial charge in [0.25, 0.3) is 0 Å². The molecule has 3 aliphatic heterocycles. The maximum absolute atomic E-state index is 13.8. The van der Waals surface area contributed by atoms with Crippen molar-refractivity contribution in [3.63, 3.8) is 0 Å². The molecule has 0 N–H and O–H groups in total. The van der Waals surface area contributed by atoms with Gasteiger partial charge in [-0.1, -0.05) is 44.2 Å². The van der Waals surface area contributed by atoms with Crippen LogP contribution >= 0.6 is 0 Å². The van der Waals surface area contributed by atoms with E-state index in [1.807, 2.05) is 42.2 Å². The van der Waals surface area contributed by atoms with Crippen LogP contribution in [-0.4, -0.2) is 59.1 Å². The Morgan fingerprint density at radius 1 is 1.24 bits per heavy atom. The van der Waals surface area contributed by atoms with E-state index in [2.05, 4.69) is 13.8 Å². The molecule has 0 spiro atoms. The van der Waals surface area contributed by atoms with E-state index >= 15 is 0 Å². The lowest BCUT2D eigenvalue weighted by atomic mass is 9.68. The number of fused-ring (bicyclic) bond motifs is 2. The van der Waals surface area contributed by atoms with E-state index in [1.54, 1.807) is 12.0 Å². The molecule has 0 saturated carbocycles. The molecule has 178 valence electrons. The summed E-state index contributed by atoms with van der Waals surface area (Å²) in [5.41, 5.74) is 0.347. The van der Waals surface area contributed by atoms with E-state index in [9.17, 15) is 14.4 Å². The van der Waals surface area contributed by atoms with Crippen molar-refractivity contribution in [2.45, 2.75) is 58.3 Å². The molecule has 8 heteroatoms. The molecular formula is C25H32N2O6. The van der Waals surface area contributed by atoms with Gasteiger partial charge in [0, 0.05) is 24.4 Å². The number of ether oxygens (including phenoxy) is 2. The van der Waals surface area contributed by atoms with E-state index in [0.29, 0.717) is 18.5 Å². The summed E-state index contributed by atoms with van der Waals surface area (Å²) < 4.78 is 10.4. The summed E-state index contributed by atoms with van der Waals surface area (Å²) in [5.74, 6) is -1.67. The molecule has 0 aromatic heterocycles. The first-order valence-electron chi connectivity index (χ1n) is 11.5. The van der Waals surface area contributed by atoms with Crippen LogP contribution in [0.3, 0.4) is 0 Å². The predicted molar refractivity (Wildman–Crippen MR) is 119 cm³/mol. The molecule has 1 aromatic carbocycles. The first-order chi connectivity index (χ1) is 15.7. The van der Waals surface area contributed by atoms with Crippen molar-refractivity contribution < 1.29 is 28.7 Å². The summed E-state index contributed by atoms with van der Waals surface area (Å²) >= 11 is 0. The first-order valence-corrected chi connectivity index (χ1v) is 11.5. The highest BCUT2D eigenvalue weighted by Gasteiger charge is 2.66. The normalized spacial score (nSPS) is 31.0. The number of piperidine rings is 1. The second-order valence-corrected chi connectivity index (χ2v) is 9.50. The van der Waals surface area contributed by atoms with E-state index in [4.69, 9.17) is 14.3 Å². The van der Waals surface area contributed by atoms with E-state index in [0.717, 1.165) is 5.56 Å². The minimum atomic E-state index is -0.981. The molecule has 0 bridgehead atoms. The number of amides is 1. The molecule has 4 rings (SSSR count). The summed E-state index contributed by atoms with van der Waals surface area (Å²) in [6.07, 6.45) is 1.69. The molecular weight excluding hydrogens is 424 g/mol. The van der Waals surface area contributed by atoms with E-state index in [1.165, 1.54) is 13.4 Å². The third-order valence-electron chi connectivity index (χ3n) is 7.22. The van der Waals surface area contributed by atoms with Crippen LogP contribution in [0.2, 0.25) is 0 Å². The third-order valence-corrected chi connectivity index (χ3v) is 7.22. The summed E-state index contributed by atoms with van der Waals surface area (Å²) in [4.78, 5) is 47.4. The van der Waals surface area contributed by atoms with E-state index < -0.39 is 29.4 Å². The van der Waals surface area contributed by atoms with Crippen molar-refractivity contribution in [3.8, 4) is 0 Å². The van der Waals surface area contributed by atoms with Crippen LogP contribution in [0.5, 0.6) is 0 Å². The molecule has 0 radical (unpaired) electrons. The molecule has 1 unspecified atom stereocenters. The molecule has 2 fully saturated rings. The summed E-state index contributed by atoms with van der Waals surface area (Å²) in [7, 11) is 1.31. The number of hydrogen-bond donors (Lipinski definition) is 0. The van der Waals surface area contributed by atoms with Gasteiger partial charge in [0.2, 0.25) is 5.91 Å². The standard InChI is InChI=1S/C25H32N2O6/c1-6-32-24(30)21-19-17(12-25(4)18(23(29)31-5)14-33-27(21)25)22(28)26(20(19)15(2)3)13-16-10-8-7-9-11-16/h7-11,14-15,17,19-21H,6,12-13H2,1-5H3/t17-,19-,20+,21-,25?/m1/s1. The Labute approximate surface area is 194 Å². The van der Waals surface area contributed by atoms with Crippen LogP contribution in [0.25, 0.3) is 0 Å². The van der Waals surface area contributed by atoms with Gasteiger partial charge in [-0.3, -0.25) is 9.59 Å². The molecule has 8 nitrogen and oxygen atoms in total. The summed E-state index contributed by atoms with van der Waals surface area (Å²) in [6.45, 7) is 8.38. The van der Waals surface area contributed by atoms with Crippen molar-refractivity contribution >= 4 is 17.8 Å². The van der Waals surface area contributed by atoms with Crippen molar-refractivity contribution in [1.82, 2.24) is 9.96 Å². The smallest absolute Gasteiger partial charge is 0.338 e. The summed E-state index contributed by atoms with van der Waals surface area (Å²) in [6, 6.07) is 8.82. The largest absolute Gasteiger partial charge is 0.466 e. The van der Waals surface area contributed by atoms with Crippen LogP contribution in [0, 0.1) is 17.8 Å². The maximum atomic E-state index is 13.8. The van der Waals surface area contributed by atoms with Crippen LogP contribution in [0.4, 0.5) is 0 Å². The highest BCUT2D eigenvalue weighted by atomic mass is 16.7. The van der Waals surface area contributed by atoms with Gasteiger partial charge >= 0.3 is 11.9 Å². The number of likely N-dealkylation sites (tertiary alicyclic amines) is 1. The van der Waals surface area contributed by atoms with Gasteiger partial charge < -0.3 is 19.2 Å². The Balaban J connectivity index is 1.78. The minimum Gasteiger partial charge on any atom is -0.466 e. The number of esters is 2. The molecule has 5 atom stereocenters. The van der Waals surface area contributed by atoms with Crippen molar-refractivity contribution in [1.29, 1.82) is 0 Å². The number of methoxy groups -OCH3 is 1. The van der Waals surface area contributed by atoms with Crippen molar-refractivity contribution in [2.24, 2.45) is 17.8 Å². The second-order valence-electron chi connectivity index (χ2n) is 9.50. The number of nitrogens with zero attached hydrogens (tertiary/aromatic N) is 2. The first kappa shape index (κ1) is 23.3. The Bertz CT molecular complexity index is 961. The quantitative estimate of drug-likeness (QED) is 0.609. The molecule has 1 aromatic rings. The van der Waals surface area contributed by atoms with Crippen LogP contribution in [0.15, 0.2) is 42.2 Å². The van der Waals surface area contributed by atoms with Gasteiger partial charge in [0.15, 0.2) is 0 Å². The molecule has 0 aliphatic carbocycles. The maximum Gasteiger partial charge on any atom is 0.338 e. The van der Waals surface area contributed by atoms with Gasteiger partial charge in [-0.25, -0.2) is 4.79 Å². The lowest BCUT2D eigenvalue weighted by Crippen LogP contribution is -2.63. The molecule has 33 heavy (non-hydrogen) atoms. The van der Waals surface area contributed by atoms with Gasteiger partial charge in [-0.2, -0.15) is 0 Å². The topological polar surface area (TPSA) is 85.4 Å². The molecule has 2 saturated heterocycles. The van der Waals surface area contributed by atoms with E-state index in [-0.39, 0.29) is 30.4 Å². The number of rotatable bonds is 6. The van der Waals surface area contributed by atoms with Crippen LogP contribution in [0.1, 0.15) is 39.7 Å². The summed E-state index contributed by atoms with van der Waals surface area (Å²) in [5, 5.41) is 1.56. The Kier molecular flexibility index (Phi) is 6.22. The molecule has 1 amide bonds. The van der Waals surface area contributed by atoms with Gasteiger partial charge in [0.1, 0.15) is 12.3 Å². The number of carbonyl (C=O) groups is 3. The zero-order chi connectivity index (χ0) is 23.9. The highest BCUT2D eigenvalue weighted by Crippen LogP contribution is 2.53. The zero-order valence-electron chi connectivity index (χ0n) is 19.8. The lowest BCUT2D eigenvalue weighted by Gasteiger charge is -2.48. The Morgan fingerprint density at radius 2 is 1.94 bits per heavy atom. The fraction of sp³-hybridized carbons (Fsp3) is 0.560. The second kappa shape index (κ2) is 8.82. The van der Waals surface area contributed by atoms with Gasteiger partial charge in [-0.15, -0.1) is 5.06 Å². The SMILES string of the molecule is CCOC(=O)[C@H]1[C@@H]2[C@@H](CC3(C)C(C(=O)OC)=CON13)C(=O)N(Cc1ccccc1)[C@H]2C(C)C. The number of hydrogen-bond acceptors (Lipinski definition) is 7. The van der Waals surface area contributed by atoms with Crippen molar-refractivity contribution in [2.75, 3.05) is 13.7 Å². The van der Waals surface area contributed by atoms with Crippen LogP contribution in [-0.2, 0) is 35.2 Å². The van der Waals surface area contributed by atoms with Crippen LogP contribution < -0.4 is 0 Å². The minimum absolute atomic E-state index is 0.00570. The monoisotopic (exact) mass is 456 g/mol. The third kappa shape index (κ3) is 3.70. The average molecular weight is 457 g/mol. The fourth-order valence-electron chi connectivity index (χ4n) is 5.86. The van der Waals surface area contributed by atoms with Gasteiger partial charge in [0.05, 0.1) is 24.8 Å². The van der Waals surface area contributed by atoms with Gasteiger partial charge in [-0.05, 0) is 31.7 Å². The zero-order valence-corrected chi connectivity index (χ0v) is 19.8. The predicted octanol–water partition coefficient (Wildman–Crippen LogP) is 2.68. The average Bonchev–Trinajstić information content (AvgIpc) is 3.26.